The molecular weight excluding hydrogens is 538 g/mol. The Labute approximate surface area is 255 Å². The summed E-state index contributed by atoms with van der Waals surface area (Å²) in [7, 11) is 0. The predicted molar refractivity (Wildman–Crippen MR) is 174 cm³/mol. The summed E-state index contributed by atoms with van der Waals surface area (Å²) in [5.74, 6) is 1.19. The highest BCUT2D eigenvalue weighted by Gasteiger charge is 2.29. The quantitative estimate of drug-likeness (QED) is 0.175. The van der Waals surface area contributed by atoms with Crippen LogP contribution in [0.1, 0.15) is 84.5 Å². The van der Waals surface area contributed by atoms with Crippen molar-refractivity contribution in [1.29, 1.82) is 0 Å². The van der Waals surface area contributed by atoms with Gasteiger partial charge in [0.1, 0.15) is 11.5 Å². The zero-order chi connectivity index (χ0) is 31.4. The van der Waals surface area contributed by atoms with Crippen LogP contribution in [0.3, 0.4) is 0 Å². The van der Waals surface area contributed by atoms with Gasteiger partial charge in [0.05, 0.1) is 17.1 Å². The smallest absolute Gasteiger partial charge is 0.314 e. The highest BCUT2D eigenvalue weighted by atomic mass is 16.5. The van der Waals surface area contributed by atoms with Crippen molar-refractivity contribution >= 4 is 11.6 Å². The van der Waals surface area contributed by atoms with Crippen LogP contribution in [0.4, 0.5) is 5.69 Å². The van der Waals surface area contributed by atoms with Crippen molar-refractivity contribution in [3.63, 3.8) is 0 Å². The summed E-state index contributed by atoms with van der Waals surface area (Å²) in [6.07, 6.45) is 1.68. The van der Waals surface area contributed by atoms with E-state index in [1.165, 1.54) is 10.2 Å². The Kier molecular flexibility index (Phi) is 9.53. The zero-order valence-electron chi connectivity index (χ0n) is 26.7. The molecule has 1 unspecified atom stereocenters. The number of carbonyl (C=O) groups excluding carboxylic acids is 1. The number of carbonyl (C=O) groups is 1. The fourth-order valence-electron chi connectivity index (χ4n) is 4.87. The summed E-state index contributed by atoms with van der Waals surface area (Å²) >= 11 is 0. The molecule has 1 amide bonds. The number of hydrogen-bond acceptors (Lipinski definition) is 4. The van der Waals surface area contributed by atoms with Crippen molar-refractivity contribution in [2.75, 3.05) is 5.32 Å². The number of nitrogens with one attached hydrogen (secondary N) is 2. The maximum atomic E-state index is 13.7. The number of H-pyrrole nitrogens is 1. The van der Waals surface area contributed by atoms with E-state index in [9.17, 15) is 9.59 Å². The number of para-hydroxylation sites is 3. The van der Waals surface area contributed by atoms with Crippen molar-refractivity contribution < 1.29 is 14.3 Å². The van der Waals surface area contributed by atoms with Gasteiger partial charge in [-0.05, 0) is 72.9 Å². The van der Waals surface area contributed by atoms with Crippen LogP contribution in [-0.2, 0) is 15.6 Å². The first-order chi connectivity index (χ1) is 20.4. The third-order valence-corrected chi connectivity index (χ3v) is 8.57. The number of benzene rings is 3. The van der Waals surface area contributed by atoms with Crippen LogP contribution in [-0.4, -0.2) is 21.8 Å². The topological polar surface area (TPSA) is 85.3 Å². The predicted octanol–water partition coefficient (Wildman–Crippen LogP) is 8.44. The highest BCUT2D eigenvalue weighted by Crippen LogP contribution is 2.39. The minimum Gasteiger partial charge on any atom is -0.480 e. The number of nitrogens with zero attached hydrogens (tertiary/aromatic N) is 1. The van der Waals surface area contributed by atoms with Crippen molar-refractivity contribution in [2.24, 2.45) is 0 Å². The van der Waals surface area contributed by atoms with Gasteiger partial charge >= 0.3 is 5.56 Å². The Morgan fingerprint density at radius 1 is 0.907 bits per heavy atom. The lowest BCUT2D eigenvalue weighted by molar-refractivity contribution is -0.122. The number of aryl methyl sites for hydroxylation is 1. The van der Waals surface area contributed by atoms with Gasteiger partial charge in [0.2, 0.25) is 5.75 Å². The van der Waals surface area contributed by atoms with Crippen LogP contribution < -0.4 is 20.3 Å². The lowest BCUT2D eigenvalue weighted by atomic mass is 9.76. The van der Waals surface area contributed by atoms with Crippen LogP contribution >= 0.6 is 0 Å². The third-order valence-electron chi connectivity index (χ3n) is 8.57. The van der Waals surface area contributed by atoms with Crippen molar-refractivity contribution in [3.05, 3.63) is 100.0 Å². The number of hydrogen-bond donors (Lipinski definition) is 2. The van der Waals surface area contributed by atoms with Gasteiger partial charge in [0.25, 0.3) is 5.91 Å². The average Bonchev–Trinajstić information content (AvgIpc) is 3.28. The minimum absolute atomic E-state index is 0.0304. The molecule has 7 nitrogen and oxygen atoms in total. The van der Waals surface area contributed by atoms with E-state index < -0.39 is 6.10 Å². The number of aromatic nitrogens is 2. The highest BCUT2D eigenvalue weighted by molar-refractivity contribution is 5.96. The lowest BCUT2D eigenvalue weighted by Crippen LogP contribution is -2.34. The fraction of sp³-hybridized carbons (Fsp3) is 0.389. The van der Waals surface area contributed by atoms with Crippen LogP contribution in [0.15, 0.2) is 77.6 Å². The van der Waals surface area contributed by atoms with Crippen molar-refractivity contribution in [2.45, 2.75) is 91.6 Å². The molecular formula is C36H45N3O4. The molecule has 0 fully saturated rings. The monoisotopic (exact) mass is 583 g/mol. The van der Waals surface area contributed by atoms with Crippen LogP contribution in [0, 0.1) is 6.92 Å². The van der Waals surface area contributed by atoms with Gasteiger partial charge in [-0.2, -0.15) is 0 Å². The van der Waals surface area contributed by atoms with Gasteiger partial charge in [0, 0.05) is 5.56 Å². The Bertz CT molecular complexity index is 1620. The van der Waals surface area contributed by atoms with E-state index in [1.807, 2.05) is 43.3 Å². The summed E-state index contributed by atoms with van der Waals surface area (Å²) in [5, 5.41) is 6.11. The van der Waals surface area contributed by atoms with Gasteiger partial charge in [-0.25, -0.2) is 4.68 Å². The summed E-state index contributed by atoms with van der Waals surface area (Å²) in [5.41, 5.74) is 3.45. The second-order valence-corrected chi connectivity index (χ2v) is 12.3. The van der Waals surface area contributed by atoms with E-state index in [0.29, 0.717) is 29.2 Å². The van der Waals surface area contributed by atoms with E-state index in [1.54, 1.807) is 31.2 Å². The Morgan fingerprint density at radius 3 is 2.21 bits per heavy atom. The second-order valence-electron chi connectivity index (χ2n) is 12.3. The summed E-state index contributed by atoms with van der Waals surface area (Å²) in [6.45, 7) is 17.0. The molecule has 0 aliphatic rings. The van der Waals surface area contributed by atoms with Crippen LogP contribution in [0.5, 0.6) is 17.2 Å². The molecule has 4 aromatic rings. The summed E-state index contributed by atoms with van der Waals surface area (Å²) in [6, 6.07) is 22.7. The molecule has 1 atom stereocenters. The van der Waals surface area contributed by atoms with Crippen LogP contribution in [0.25, 0.3) is 5.69 Å². The van der Waals surface area contributed by atoms with Gasteiger partial charge in [-0.1, -0.05) is 90.9 Å². The number of aromatic amines is 1. The zero-order valence-corrected chi connectivity index (χ0v) is 26.7. The first-order valence-electron chi connectivity index (χ1n) is 15.2. The average molecular weight is 584 g/mol. The molecule has 228 valence electrons. The molecule has 3 aromatic carbocycles. The molecule has 1 heterocycles. The van der Waals surface area contributed by atoms with E-state index in [0.717, 1.165) is 24.2 Å². The van der Waals surface area contributed by atoms with Gasteiger partial charge in [-0.15, -0.1) is 0 Å². The normalized spacial score (nSPS) is 12.6. The van der Waals surface area contributed by atoms with Crippen molar-refractivity contribution in [1.82, 2.24) is 9.78 Å². The molecule has 0 saturated carbocycles. The van der Waals surface area contributed by atoms with Gasteiger partial charge < -0.3 is 14.8 Å². The largest absolute Gasteiger partial charge is 0.480 e. The molecule has 1 aromatic heterocycles. The summed E-state index contributed by atoms with van der Waals surface area (Å²) < 4.78 is 13.8. The number of amides is 1. The van der Waals surface area contributed by atoms with E-state index in [-0.39, 0.29) is 28.0 Å². The molecule has 7 heteroatoms. The number of ether oxygens (including phenoxy) is 2. The maximum absolute atomic E-state index is 13.7. The minimum atomic E-state index is -0.733. The SMILES string of the molecule is CCC(Oc1ccc(C(C)(C)CC)cc1C(C)(C)CC)C(=O)Nc1ccccc1-n1[nH]c(C)c(Oc2ccccc2)c1=O. The first kappa shape index (κ1) is 31.7. The van der Waals surface area contributed by atoms with E-state index in [4.69, 9.17) is 9.47 Å². The molecule has 0 saturated heterocycles. The molecule has 0 spiro atoms. The first-order valence-corrected chi connectivity index (χ1v) is 15.2. The Morgan fingerprint density at radius 2 is 1.56 bits per heavy atom. The summed E-state index contributed by atoms with van der Waals surface area (Å²) in [4.78, 5) is 27.1. The van der Waals surface area contributed by atoms with E-state index >= 15 is 0 Å². The fourth-order valence-corrected chi connectivity index (χ4v) is 4.87. The second kappa shape index (κ2) is 12.9. The molecule has 0 aliphatic heterocycles. The Hall–Kier alpha value is -4.26. The maximum Gasteiger partial charge on any atom is 0.314 e. The van der Waals surface area contributed by atoms with Crippen LogP contribution in [0.2, 0.25) is 0 Å². The standard InChI is InChI=1S/C36H45N3O4/c1-9-30(43-31-22-21-25(35(5,6)10-2)23-27(31)36(7,8)11-3)33(40)37-28-19-15-16-20-29(28)39-34(41)32(24(4)38-39)42-26-17-13-12-14-18-26/h12-23,30,38H,9-11H2,1-8H3,(H,37,40). The van der Waals surface area contributed by atoms with Crippen molar-refractivity contribution in [3.8, 4) is 22.9 Å². The molecule has 43 heavy (non-hydrogen) atoms. The molecule has 0 radical (unpaired) electrons. The lowest BCUT2D eigenvalue weighted by Gasteiger charge is -2.31. The number of anilines is 1. The molecule has 4 rings (SSSR count). The third kappa shape index (κ3) is 6.87. The Balaban J connectivity index is 1.62. The molecule has 0 aliphatic carbocycles. The number of rotatable bonds is 12. The van der Waals surface area contributed by atoms with E-state index in [2.05, 4.69) is 64.1 Å². The molecule has 0 bridgehead atoms. The van der Waals surface area contributed by atoms with Gasteiger partial charge in [-0.3, -0.25) is 14.7 Å². The molecule has 2 N–H and O–H groups in total. The van der Waals surface area contributed by atoms with Gasteiger partial charge in [0.15, 0.2) is 6.10 Å².